The fraction of sp³-hybridized carbons (Fsp3) is 0.385. The predicted molar refractivity (Wildman–Crippen MR) is 65.7 cm³/mol. The molecule has 1 atom stereocenters. The highest BCUT2D eigenvalue weighted by Gasteiger charge is 2.11. The molecular formula is C13H15F2N3O. The van der Waals surface area contributed by atoms with Crippen molar-refractivity contribution in [2.45, 2.75) is 25.8 Å². The van der Waals surface area contributed by atoms with Crippen LogP contribution in [0, 0.1) is 11.6 Å². The summed E-state index contributed by atoms with van der Waals surface area (Å²) in [5.74, 6) is -0.290. The average Bonchev–Trinajstić information content (AvgIpc) is 2.74. The molecule has 1 unspecified atom stereocenters. The number of hydrogen-bond donors (Lipinski definition) is 1. The number of halogens is 2. The number of rotatable bonds is 5. The number of likely N-dealkylation sites (N-methyl/N-ethyl adjacent to an activating group) is 1. The molecule has 4 nitrogen and oxygen atoms in total. The van der Waals surface area contributed by atoms with E-state index in [9.17, 15) is 8.78 Å². The maximum Gasteiger partial charge on any atom is 0.228 e. The van der Waals surface area contributed by atoms with E-state index in [0.29, 0.717) is 23.7 Å². The summed E-state index contributed by atoms with van der Waals surface area (Å²) in [6, 6.07) is 3.57. The van der Waals surface area contributed by atoms with Crippen molar-refractivity contribution in [1.82, 2.24) is 15.5 Å². The Hall–Kier alpha value is -1.82. The summed E-state index contributed by atoms with van der Waals surface area (Å²) in [7, 11) is 1.84. The molecule has 0 aliphatic rings. The smallest absolute Gasteiger partial charge is 0.228 e. The van der Waals surface area contributed by atoms with E-state index in [-0.39, 0.29) is 12.5 Å². The molecule has 0 aliphatic heterocycles. The molecule has 0 aliphatic carbocycles. The number of hydrogen-bond acceptors (Lipinski definition) is 4. The minimum atomic E-state index is -0.609. The lowest BCUT2D eigenvalue weighted by atomic mass is 10.1. The number of nitrogens with one attached hydrogen (secondary N) is 1. The van der Waals surface area contributed by atoms with Crippen molar-refractivity contribution in [3.05, 3.63) is 47.1 Å². The van der Waals surface area contributed by atoms with Crippen molar-refractivity contribution in [1.29, 1.82) is 0 Å². The Morgan fingerprint density at radius 1 is 1.26 bits per heavy atom. The van der Waals surface area contributed by atoms with E-state index in [4.69, 9.17) is 4.52 Å². The van der Waals surface area contributed by atoms with Gasteiger partial charge in [0.15, 0.2) is 5.82 Å². The lowest BCUT2D eigenvalue weighted by Gasteiger charge is -2.04. The van der Waals surface area contributed by atoms with Gasteiger partial charge < -0.3 is 9.84 Å². The van der Waals surface area contributed by atoms with Gasteiger partial charge >= 0.3 is 0 Å². The van der Waals surface area contributed by atoms with Gasteiger partial charge in [0.05, 0.1) is 0 Å². The van der Waals surface area contributed by atoms with Crippen LogP contribution < -0.4 is 5.32 Å². The molecule has 1 aromatic carbocycles. The van der Waals surface area contributed by atoms with Gasteiger partial charge in [0.25, 0.3) is 0 Å². The summed E-state index contributed by atoms with van der Waals surface area (Å²) in [5, 5.41) is 6.86. The van der Waals surface area contributed by atoms with Gasteiger partial charge in [-0.15, -0.1) is 0 Å². The largest absolute Gasteiger partial charge is 0.339 e. The van der Waals surface area contributed by atoms with Crippen LogP contribution in [-0.4, -0.2) is 23.2 Å². The van der Waals surface area contributed by atoms with E-state index >= 15 is 0 Å². The second-order valence-corrected chi connectivity index (χ2v) is 4.45. The fourth-order valence-electron chi connectivity index (χ4n) is 1.70. The van der Waals surface area contributed by atoms with Gasteiger partial charge in [0.2, 0.25) is 5.89 Å². The first kappa shape index (κ1) is 13.6. The van der Waals surface area contributed by atoms with Crippen molar-refractivity contribution in [2.75, 3.05) is 7.05 Å². The minimum Gasteiger partial charge on any atom is -0.339 e. The summed E-state index contributed by atoms with van der Waals surface area (Å²) in [6.45, 7) is 1.99. The number of aromatic nitrogens is 2. The van der Waals surface area contributed by atoms with Gasteiger partial charge in [-0.25, -0.2) is 8.78 Å². The van der Waals surface area contributed by atoms with Crippen LogP contribution in [0.4, 0.5) is 8.78 Å². The molecule has 0 radical (unpaired) electrons. The van der Waals surface area contributed by atoms with Crippen molar-refractivity contribution in [3.63, 3.8) is 0 Å². The highest BCUT2D eigenvalue weighted by Crippen LogP contribution is 2.12. The SMILES string of the molecule is CNC(C)Cc1nc(Cc2cc(F)cc(F)c2)no1. The quantitative estimate of drug-likeness (QED) is 0.901. The van der Waals surface area contributed by atoms with Crippen molar-refractivity contribution >= 4 is 0 Å². The molecule has 1 heterocycles. The molecule has 19 heavy (non-hydrogen) atoms. The van der Waals surface area contributed by atoms with E-state index in [0.717, 1.165) is 6.07 Å². The third kappa shape index (κ3) is 3.82. The minimum absolute atomic E-state index is 0.222. The average molecular weight is 267 g/mol. The highest BCUT2D eigenvalue weighted by molar-refractivity contribution is 5.21. The van der Waals surface area contributed by atoms with Crippen LogP contribution in [0.15, 0.2) is 22.7 Å². The van der Waals surface area contributed by atoms with Gasteiger partial charge in [-0.1, -0.05) is 5.16 Å². The molecule has 0 saturated carbocycles. The van der Waals surface area contributed by atoms with E-state index in [1.807, 2.05) is 14.0 Å². The van der Waals surface area contributed by atoms with Crippen LogP contribution in [0.5, 0.6) is 0 Å². The first-order chi connectivity index (χ1) is 9.06. The normalized spacial score (nSPS) is 12.6. The van der Waals surface area contributed by atoms with Gasteiger partial charge in [-0.2, -0.15) is 4.98 Å². The van der Waals surface area contributed by atoms with Crippen molar-refractivity contribution in [2.24, 2.45) is 0 Å². The molecule has 0 amide bonds. The first-order valence-corrected chi connectivity index (χ1v) is 6.00. The molecule has 0 fully saturated rings. The van der Waals surface area contributed by atoms with E-state index in [1.54, 1.807) is 0 Å². The third-order valence-corrected chi connectivity index (χ3v) is 2.77. The third-order valence-electron chi connectivity index (χ3n) is 2.77. The van der Waals surface area contributed by atoms with E-state index in [1.165, 1.54) is 12.1 Å². The van der Waals surface area contributed by atoms with Crippen LogP contribution in [0.25, 0.3) is 0 Å². The lowest BCUT2D eigenvalue weighted by molar-refractivity contribution is 0.361. The van der Waals surface area contributed by atoms with Gasteiger partial charge in [-0.3, -0.25) is 0 Å². The Labute approximate surface area is 109 Å². The zero-order valence-electron chi connectivity index (χ0n) is 10.8. The fourth-order valence-corrected chi connectivity index (χ4v) is 1.70. The Morgan fingerprint density at radius 3 is 2.58 bits per heavy atom. The Morgan fingerprint density at radius 2 is 1.95 bits per heavy atom. The van der Waals surface area contributed by atoms with Crippen molar-refractivity contribution in [3.8, 4) is 0 Å². The Bertz CT molecular complexity index is 536. The molecule has 1 aromatic heterocycles. The van der Waals surface area contributed by atoms with Crippen LogP contribution in [-0.2, 0) is 12.8 Å². The molecular weight excluding hydrogens is 252 g/mol. The molecule has 102 valence electrons. The highest BCUT2D eigenvalue weighted by atomic mass is 19.1. The molecule has 0 spiro atoms. The maximum atomic E-state index is 13.0. The van der Waals surface area contributed by atoms with E-state index in [2.05, 4.69) is 15.5 Å². The predicted octanol–water partition coefficient (Wildman–Crippen LogP) is 2.09. The summed E-state index contributed by atoms with van der Waals surface area (Å²) in [5.41, 5.74) is 0.478. The standard InChI is InChI=1S/C13H15F2N3O/c1-8(16-2)3-13-17-12(18-19-13)6-9-4-10(14)7-11(15)5-9/h4-5,7-8,16H,3,6H2,1-2H3. The molecule has 0 bridgehead atoms. The second-order valence-electron chi connectivity index (χ2n) is 4.45. The molecule has 6 heteroatoms. The molecule has 2 rings (SSSR count). The first-order valence-electron chi connectivity index (χ1n) is 6.00. The van der Waals surface area contributed by atoms with Crippen LogP contribution in [0.2, 0.25) is 0 Å². The Kier molecular flexibility index (Phi) is 4.21. The maximum absolute atomic E-state index is 13.0. The molecule has 2 aromatic rings. The molecule has 0 saturated heterocycles. The summed E-state index contributed by atoms with van der Waals surface area (Å²) in [6.07, 6.45) is 0.854. The topological polar surface area (TPSA) is 51.0 Å². The zero-order chi connectivity index (χ0) is 13.8. The van der Waals surface area contributed by atoms with Crippen LogP contribution >= 0.6 is 0 Å². The summed E-state index contributed by atoms with van der Waals surface area (Å²) >= 11 is 0. The number of benzene rings is 1. The lowest BCUT2D eigenvalue weighted by Crippen LogP contribution is -2.23. The van der Waals surface area contributed by atoms with Crippen molar-refractivity contribution < 1.29 is 13.3 Å². The summed E-state index contributed by atoms with van der Waals surface area (Å²) < 4.78 is 31.2. The molecule has 1 N–H and O–H groups in total. The summed E-state index contributed by atoms with van der Waals surface area (Å²) in [4.78, 5) is 4.19. The van der Waals surface area contributed by atoms with Gasteiger partial charge in [-0.05, 0) is 31.7 Å². The zero-order valence-corrected chi connectivity index (χ0v) is 10.8. The van der Waals surface area contributed by atoms with Gasteiger partial charge in [0.1, 0.15) is 11.6 Å². The second kappa shape index (κ2) is 5.88. The number of nitrogens with zero attached hydrogens (tertiary/aromatic N) is 2. The Balaban J connectivity index is 2.07. The van der Waals surface area contributed by atoms with E-state index < -0.39 is 11.6 Å². The van der Waals surface area contributed by atoms with Crippen LogP contribution in [0.3, 0.4) is 0 Å². The monoisotopic (exact) mass is 267 g/mol. The van der Waals surface area contributed by atoms with Crippen LogP contribution in [0.1, 0.15) is 24.2 Å². The van der Waals surface area contributed by atoms with Gasteiger partial charge in [0, 0.05) is 24.9 Å².